The molecule has 2 aliphatic rings. The van der Waals surface area contributed by atoms with Crippen molar-refractivity contribution in [2.45, 2.75) is 38.5 Å². The molecule has 140 valence electrons. The predicted octanol–water partition coefficient (Wildman–Crippen LogP) is 3.69. The summed E-state index contributed by atoms with van der Waals surface area (Å²) < 4.78 is 0. The van der Waals surface area contributed by atoms with E-state index in [1.54, 1.807) is 11.1 Å². The minimum atomic E-state index is 0. The van der Waals surface area contributed by atoms with Crippen LogP contribution in [0.2, 0.25) is 0 Å². The Labute approximate surface area is 165 Å². The smallest absolute Gasteiger partial charge is 0.0402 e. The lowest BCUT2D eigenvalue weighted by molar-refractivity contribution is 0.253. The number of piperazine rings is 1. The van der Waals surface area contributed by atoms with Crippen molar-refractivity contribution in [3.63, 3.8) is 0 Å². The van der Waals surface area contributed by atoms with Gasteiger partial charge in [-0.05, 0) is 68.8 Å². The van der Waals surface area contributed by atoms with Gasteiger partial charge in [-0.1, -0.05) is 12.1 Å². The number of anilines is 1. The number of benzene rings is 1. The first-order chi connectivity index (χ1) is 10.4. The fourth-order valence-electron chi connectivity index (χ4n) is 3.75. The maximum Gasteiger partial charge on any atom is 0.0402 e. The second-order valence-corrected chi connectivity index (χ2v) is 6.45. The average Bonchev–Trinajstić information content (AvgIpc) is 2.55. The van der Waals surface area contributed by atoms with Crippen LogP contribution in [0.5, 0.6) is 0 Å². The summed E-state index contributed by atoms with van der Waals surface area (Å²) in [5.74, 6) is 0. The minimum Gasteiger partial charge on any atom is -0.369 e. The zero-order valence-electron chi connectivity index (χ0n) is 14.4. The maximum atomic E-state index is 5.58. The Balaban J connectivity index is 0.00000176. The highest BCUT2D eigenvalue weighted by Gasteiger charge is 2.21. The molecule has 1 aromatic carbocycles. The number of nitrogens with two attached hydrogens (primary N) is 1. The Bertz CT molecular complexity index is 463. The topological polar surface area (TPSA) is 32.5 Å². The number of unbranched alkanes of at least 4 members (excludes halogenated alkanes) is 1. The summed E-state index contributed by atoms with van der Waals surface area (Å²) in [5, 5.41) is 0. The Morgan fingerprint density at radius 1 is 0.875 bits per heavy atom. The molecule has 0 bridgehead atoms. The van der Waals surface area contributed by atoms with Crippen LogP contribution in [0.3, 0.4) is 0 Å². The van der Waals surface area contributed by atoms with E-state index in [0.717, 1.165) is 13.0 Å². The Morgan fingerprint density at radius 2 is 1.58 bits per heavy atom. The summed E-state index contributed by atoms with van der Waals surface area (Å²) >= 11 is 0. The van der Waals surface area contributed by atoms with Gasteiger partial charge in [0.1, 0.15) is 0 Å². The molecule has 0 unspecified atom stereocenters. The molecule has 0 spiro atoms. The molecule has 0 atom stereocenters. The van der Waals surface area contributed by atoms with Crippen LogP contribution in [0.15, 0.2) is 18.2 Å². The van der Waals surface area contributed by atoms with Crippen molar-refractivity contribution in [3.8, 4) is 0 Å². The van der Waals surface area contributed by atoms with E-state index in [-0.39, 0.29) is 37.2 Å². The van der Waals surface area contributed by atoms with Crippen LogP contribution in [0.4, 0.5) is 5.69 Å². The summed E-state index contributed by atoms with van der Waals surface area (Å²) in [7, 11) is 0. The molecule has 1 saturated heterocycles. The largest absolute Gasteiger partial charge is 0.369 e. The molecule has 0 amide bonds. The summed E-state index contributed by atoms with van der Waals surface area (Å²) in [6.45, 7) is 6.81. The first kappa shape index (κ1) is 23.8. The van der Waals surface area contributed by atoms with Crippen LogP contribution >= 0.6 is 37.2 Å². The van der Waals surface area contributed by atoms with Crippen LogP contribution < -0.4 is 10.6 Å². The molecule has 1 fully saturated rings. The Morgan fingerprint density at radius 3 is 2.29 bits per heavy atom. The van der Waals surface area contributed by atoms with E-state index < -0.39 is 0 Å². The molecule has 2 N–H and O–H groups in total. The van der Waals surface area contributed by atoms with E-state index in [0.29, 0.717) is 0 Å². The average molecular weight is 397 g/mol. The summed E-state index contributed by atoms with van der Waals surface area (Å²) in [5.41, 5.74) is 10.3. The van der Waals surface area contributed by atoms with Gasteiger partial charge in [0.2, 0.25) is 0 Å². The van der Waals surface area contributed by atoms with Crippen molar-refractivity contribution in [2.75, 3.05) is 44.2 Å². The summed E-state index contributed by atoms with van der Waals surface area (Å²) in [6.07, 6.45) is 7.70. The lowest BCUT2D eigenvalue weighted by atomic mass is 9.90. The van der Waals surface area contributed by atoms with E-state index in [9.17, 15) is 0 Å². The van der Waals surface area contributed by atoms with E-state index >= 15 is 0 Å². The van der Waals surface area contributed by atoms with Gasteiger partial charge >= 0.3 is 0 Å². The second-order valence-electron chi connectivity index (χ2n) is 6.45. The van der Waals surface area contributed by atoms with E-state index in [4.69, 9.17) is 5.73 Å². The first-order valence-corrected chi connectivity index (χ1v) is 8.66. The van der Waals surface area contributed by atoms with Gasteiger partial charge in [0.05, 0.1) is 0 Å². The number of rotatable bonds is 5. The highest BCUT2D eigenvalue weighted by molar-refractivity contribution is 5.86. The molecule has 3 rings (SSSR count). The molecule has 1 aliphatic carbocycles. The highest BCUT2D eigenvalue weighted by Crippen LogP contribution is 2.30. The first-order valence-electron chi connectivity index (χ1n) is 8.66. The van der Waals surface area contributed by atoms with Gasteiger partial charge in [-0.15, -0.1) is 37.2 Å². The van der Waals surface area contributed by atoms with Gasteiger partial charge in [0.15, 0.2) is 0 Å². The van der Waals surface area contributed by atoms with Crippen LogP contribution in [-0.4, -0.2) is 44.2 Å². The lowest BCUT2D eigenvalue weighted by Gasteiger charge is -2.38. The Kier molecular flexibility index (Phi) is 12.1. The monoisotopic (exact) mass is 395 g/mol. The number of nitrogens with zero attached hydrogens (tertiary/aromatic N) is 2. The zero-order valence-corrected chi connectivity index (χ0v) is 16.9. The molecule has 0 aromatic heterocycles. The van der Waals surface area contributed by atoms with Crippen molar-refractivity contribution >= 4 is 42.9 Å². The predicted molar refractivity (Wildman–Crippen MR) is 112 cm³/mol. The second kappa shape index (κ2) is 12.2. The normalized spacial score (nSPS) is 17.1. The SMILES string of the molecule is Cl.Cl.Cl.NCCCCN1CCN(c2cccc3c2CCCC3)CC1. The summed E-state index contributed by atoms with van der Waals surface area (Å²) in [4.78, 5) is 5.21. The van der Waals surface area contributed by atoms with Crippen molar-refractivity contribution in [3.05, 3.63) is 29.3 Å². The van der Waals surface area contributed by atoms with Gasteiger partial charge in [-0.3, -0.25) is 4.90 Å². The number of hydrogen-bond acceptors (Lipinski definition) is 3. The zero-order chi connectivity index (χ0) is 14.5. The molecule has 0 saturated carbocycles. The van der Waals surface area contributed by atoms with Crippen LogP contribution in [0, 0.1) is 0 Å². The highest BCUT2D eigenvalue weighted by atomic mass is 35.5. The molecule has 6 heteroatoms. The third-order valence-electron chi connectivity index (χ3n) is 5.01. The standard InChI is InChI=1S/C18H29N3.3ClH/c19-10-3-4-11-20-12-14-21(15-13-20)18-9-5-7-16-6-1-2-8-17(16)18;;;/h5,7,9H,1-4,6,8,10-15,19H2;3*1H. The van der Waals surface area contributed by atoms with Crippen LogP contribution in [0.1, 0.15) is 36.8 Å². The maximum absolute atomic E-state index is 5.58. The number of hydrogen-bond donors (Lipinski definition) is 1. The molecule has 0 radical (unpaired) electrons. The molecule has 3 nitrogen and oxygen atoms in total. The fraction of sp³-hybridized carbons (Fsp3) is 0.667. The quantitative estimate of drug-likeness (QED) is 0.770. The third kappa shape index (κ3) is 5.96. The Hall–Kier alpha value is -0.190. The fourth-order valence-corrected chi connectivity index (χ4v) is 3.75. The van der Waals surface area contributed by atoms with Gasteiger partial charge in [-0.25, -0.2) is 0 Å². The van der Waals surface area contributed by atoms with Crippen molar-refractivity contribution in [2.24, 2.45) is 5.73 Å². The number of fused-ring (bicyclic) bond motifs is 1. The van der Waals surface area contributed by atoms with Crippen LogP contribution in [-0.2, 0) is 12.8 Å². The van der Waals surface area contributed by atoms with Crippen LogP contribution in [0.25, 0.3) is 0 Å². The van der Waals surface area contributed by atoms with Gasteiger partial charge in [-0.2, -0.15) is 0 Å². The van der Waals surface area contributed by atoms with E-state index in [1.165, 1.54) is 70.5 Å². The molecular formula is C18H32Cl3N3. The molecule has 1 heterocycles. The molecular weight excluding hydrogens is 365 g/mol. The summed E-state index contributed by atoms with van der Waals surface area (Å²) in [6, 6.07) is 6.93. The van der Waals surface area contributed by atoms with Gasteiger partial charge < -0.3 is 10.6 Å². The lowest BCUT2D eigenvalue weighted by Crippen LogP contribution is -2.47. The number of halogens is 3. The molecule has 24 heavy (non-hydrogen) atoms. The third-order valence-corrected chi connectivity index (χ3v) is 5.01. The van der Waals surface area contributed by atoms with E-state index in [2.05, 4.69) is 28.0 Å². The molecule has 1 aliphatic heterocycles. The van der Waals surface area contributed by atoms with Crippen molar-refractivity contribution in [1.29, 1.82) is 0 Å². The minimum absolute atomic E-state index is 0. The van der Waals surface area contributed by atoms with Gasteiger partial charge in [0, 0.05) is 31.9 Å². The molecule has 1 aromatic rings. The van der Waals surface area contributed by atoms with Gasteiger partial charge in [0.25, 0.3) is 0 Å². The van der Waals surface area contributed by atoms with E-state index in [1.807, 2.05) is 0 Å². The van der Waals surface area contributed by atoms with Crippen molar-refractivity contribution < 1.29 is 0 Å². The van der Waals surface area contributed by atoms with Crippen molar-refractivity contribution in [1.82, 2.24) is 4.90 Å². The number of aryl methyl sites for hydroxylation is 1.